The summed E-state index contributed by atoms with van der Waals surface area (Å²) in [6.45, 7) is 9.78. The van der Waals surface area contributed by atoms with Gasteiger partial charge in [0.05, 0.1) is 5.37 Å². The van der Waals surface area contributed by atoms with Crippen LogP contribution >= 0.6 is 11.8 Å². The first-order valence-corrected chi connectivity index (χ1v) is 7.44. The van der Waals surface area contributed by atoms with E-state index in [1.807, 2.05) is 34.6 Å². The minimum atomic E-state index is -0.897. The molecule has 2 atom stereocenters. The molecular formula is C13H23NO3S. The standard InChI is InChI=1S/C13H23NO3S/c1-6-13(4,5)12(17)14-9(11(15)16)7-18-10(14)8(2)3/h8-10H,6-7H2,1-5H3,(H,15,16). The topological polar surface area (TPSA) is 57.6 Å². The van der Waals surface area contributed by atoms with Crippen molar-refractivity contribution in [3.63, 3.8) is 0 Å². The molecule has 0 spiro atoms. The minimum absolute atomic E-state index is 0.0237. The summed E-state index contributed by atoms with van der Waals surface area (Å²) < 4.78 is 0. The maximum atomic E-state index is 12.6. The van der Waals surface area contributed by atoms with Crippen molar-refractivity contribution < 1.29 is 14.7 Å². The molecule has 2 unspecified atom stereocenters. The van der Waals surface area contributed by atoms with Gasteiger partial charge in [-0.1, -0.05) is 34.6 Å². The van der Waals surface area contributed by atoms with Crippen molar-refractivity contribution in [2.45, 2.75) is 52.5 Å². The molecule has 1 heterocycles. The van der Waals surface area contributed by atoms with E-state index in [2.05, 4.69) is 0 Å². The lowest BCUT2D eigenvalue weighted by molar-refractivity contribution is -0.154. The predicted octanol–water partition coefficient (Wildman–Crippen LogP) is 2.43. The first kappa shape index (κ1) is 15.3. The van der Waals surface area contributed by atoms with Crippen LogP contribution in [0.1, 0.15) is 41.0 Å². The fraction of sp³-hybridized carbons (Fsp3) is 0.846. The lowest BCUT2D eigenvalue weighted by Crippen LogP contribution is -2.51. The van der Waals surface area contributed by atoms with Gasteiger partial charge in [-0.25, -0.2) is 4.79 Å². The van der Waals surface area contributed by atoms with Gasteiger partial charge in [0.2, 0.25) is 5.91 Å². The number of amides is 1. The lowest BCUT2D eigenvalue weighted by atomic mass is 9.87. The molecule has 0 aliphatic carbocycles. The first-order valence-electron chi connectivity index (χ1n) is 6.39. The summed E-state index contributed by atoms with van der Waals surface area (Å²) in [5.74, 6) is -0.188. The average Bonchev–Trinajstić information content (AvgIpc) is 2.72. The molecule has 0 aromatic heterocycles. The molecule has 1 aliphatic rings. The SMILES string of the molecule is CCC(C)(C)C(=O)N1C(C(=O)O)CSC1C(C)C. The molecule has 18 heavy (non-hydrogen) atoms. The van der Waals surface area contributed by atoms with Gasteiger partial charge in [-0.2, -0.15) is 0 Å². The molecule has 1 amide bonds. The van der Waals surface area contributed by atoms with Crippen LogP contribution in [0, 0.1) is 11.3 Å². The Kier molecular flexibility index (Phi) is 4.70. The molecular weight excluding hydrogens is 250 g/mol. The fourth-order valence-electron chi connectivity index (χ4n) is 1.99. The molecule has 0 aromatic rings. The number of hydrogen-bond donors (Lipinski definition) is 1. The normalized spacial score (nSPS) is 24.7. The summed E-state index contributed by atoms with van der Waals surface area (Å²) in [5.41, 5.74) is -0.494. The Balaban J connectivity index is 3.04. The molecule has 0 saturated carbocycles. The van der Waals surface area contributed by atoms with Crippen molar-refractivity contribution in [2.75, 3.05) is 5.75 Å². The van der Waals surface area contributed by atoms with Gasteiger partial charge in [-0.15, -0.1) is 11.8 Å². The van der Waals surface area contributed by atoms with Gasteiger partial charge in [0.1, 0.15) is 6.04 Å². The third-order valence-electron chi connectivity index (χ3n) is 3.59. The molecule has 5 heteroatoms. The number of carboxylic acid groups (broad SMARTS) is 1. The highest BCUT2D eigenvalue weighted by Crippen LogP contribution is 2.38. The fourth-order valence-corrected chi connectivity index (χ4v) is 3.46. The molecule has 0 aromatic carbocycles. The van der Waals surface area contributed by atoms with Crippen molar-refractivity contribution in [3.8, 4) is 0 Å². The summed E-state index contributed by atoms with van der Waals surface area (Å²) >= 11 is 1.57. The zero-order chi connectivity index (χ0) is 14.1. The second-order valence-corrected chi connectivity index (χ2v) is 6.92. The summed E-state index contributed by atoms with van der Waals surface area (Å²) in [4.78, 5) is 25.5. The number of rotatable bonds is 4. The summed E-state index contributed by atoms with van der Waals surface area (Å²) in [5, 5.41) is 9.24. The van der Waals surface area contributed by atoms with Crippen LogP contribution < -0.4 is 0 Å². The van der Waals surface area contributed by atoms with Crippen LogP contribution in [0.4, 0.5) is 0 Å². The molecule has 0 radical (unpaired) electrons. The van der Waals surface area contributed by atoms with Gasteiger partial charge in [-0.05, 0) is 12.3 Å². The Morgan fingerprint density at radius 1 is 1.44 bits per heavy atom. The molecule has 1 rings (SSSR count). The van der Waals surface area contributed by atoms with E-state index in [9.17, 15) is 14.7 Å². The van der Waals surface area contributed by atoms with E-state index in [0.29, 0.717) is 12.2 Å². The Morgan fingerprint density at radius 2 is 2.00 bits per heavy atom. The van der Waals surface area contributed by atoms with Crippen LogP contribution in [0.25, 0.3) is 0 Å². The predicted molar refractivity (Wildman–Crippen MR) is 73.4 cm³/mol. The van der Waals surface area contributed by atoms with Crippen molar-refractivity contribution in [1.82, 2.24) is 4.90 Å². The third-order valence-corrected chi connectivity index (χ3v) is 5.21. The van der Waals surface area contributed by atoms with Crippen LogP contribution in [0.15, 0.2) is 0 Å². The van der Waals surface area contributed by atoms with Crippen LogP contribution in [0.5, 0.6) is 0 Å². The van der Waals surface area contributed by atoms with Gasteiger partial charge in [0.15, 0.2) is 0 Å². The molecule has 1 fully saturated rings. The molecule has 104 valence electrons. The maximum absolute atomic E-state index is 12.6. The van der Waals surface area contributed by atoms with E-state index in [1.54, 1.807) is 16.7 Å². The smallest absolute Gasteiger partial charge is 0.327 e. The number of hydrogen-bond acceptors (Lipinski definition) is 3. The highest BCUT2D eigenvalue weighted by molar-refractivity contribution is 8.00. The van der Waals surface area contributed by atoms with Crippen LogP contribution in [0.2, 0.25) is 0 Å². The van der Waals surface area contributed by atoms with Gasteiger partial charge in [0, 0.05) is 11.2 Å². The lowest BCUT2D eigenvalue weighted by Gasteiger charge is -2.35. The van der Waals surface area contributed by atoms with E-state index in [0.717, 1.165) is 0 Å². The second-order valence-electron chi connectivity index (χ2n) is 5.77. The van der Waals surface area contributed by atoms with E-state index < -0.39 is 17.4 Å². The number of nitrogens with zero attached hydrogens (tertiary/aromatic N) is 1. The van der Waals surface area contributed by atoms with Crippen molar-refractivity contribution >= 4 is 23.6 Å². The zero-order valence-electron chi connectivity index (χ0n) is 11.8. The molecule has 0 bridgehead atoms. The molecule has 1 N–H and O–H groups in total. The highest BCUT2D eigenvalue weighted by atomic mass is 32.2. The van der Waals surface area contributed by atoms with E-state index in [1.165, 1.54) is 0 Å². The van der Waals surface area contributed by atoms with Crippen molar-refractivity contribution in [3.05, 3.63) is 0 Å². The molecule has 1 saturated heterocycles. The molecule has 4 nitrogen and oxygen atoms in total. The average molecular weight is 273 g/mol. The van der Waals surface area contributed by atoms with E-state index in [4.69, 9.17) is 0 Å². The number of thioether (sulfide) groups is 1. The monoisotopic (exact) mass is 273 g/mol. The van der Waals surface area contributed by atoms with E-state index in [-0.39, 0.29) is 17.2 Å². The van der Waals surface area contributed by atoms with Gasteiger partial charge >= 0.3 is 5.97 Å². The van der Waals surface area contributed by atoms with Crippen LogP contribution in [-0.4, -0.2) is 39.1 Å². The maximum Gasteiger partial charge on any atom is 0.327 e. The zero-order valence-corrected chi connectivity index (χ0v) is 12.6. The summed E-state index contributed by atoms with van der Waals surface area (Å²) in [7, 11) is 0. The van der Waals surface area contributed by atoms with Crippen LogP contribution in [-0.2, 0) is 9.59 Å². The quantitative estimate of drug-likeness (QED) is 0.854. The number of carbonyl (C=O) groups is 2. The molecule has 1 aliphatic heterocycles. The Morgan fingerprint density at radius 3 is 2.39 bits per heavy atom. The first-order chi connectivity index (χ1) is 8.22. The highest BCUT2D eigenvalue weighted by Gasteiger charge is 2.46. The van der Waals surface area contributed by atoms with E-state index >= 15 is 0 Å². The third kappa shape index (κ3) is 2.82. The minimum Gasteiger partial charge on any atom is -0.480 e. The number of carboxylic acids is 1. The van der Waals surface area contributed by atoms with Gasteiger partial charge in [0.25, 0.3) is 0 Å². The van der Waals surface area contributed by atoms with Crippen LogP contribution in [0.3, 0.4) is 0 Å². The number of carbonyl (C=O) groups excluding carboxylic acids is 1. The van der Waals surface area contributed by atoms with Gasteiger partial charge < -0.3 is 10.0 Å². The Labute approximate surface area is 113 Å². The van der Waals surface area contributed by atoms with Gasteiger partial charge in [-0.3, -0.25) is 4.79 Å². The largest absolute Gasteiger partial charge is 0.480 e. The summed E-state index contributed by atoms with van der Waals surface area (Å²) in [6.07, 6.45) is 0.712. The second kappa shape index (κ2) is 5.51. The Bertz CT molecular complexity index is 341. The van der Waals surface area contributed by atoms with Crippen molar-refractivity contribution in [2.24, 2.45) is 11.3 Å². The summed E-state index contributed by atoms with van der Waals surface area (Å²) in [6, 6.07) is -0.680. The number of aliphatic carboxylic acids is 1. The Hall–Kier alpha value is -0.710. The van der Waals surface area contributed by atoms with Crippen molar-refractivity contribution in [1.29, 1.82) is 0 Å².